The Labute approximate surface area is 86.3 Å². The smallest absolute Gasteiger partial charge is 0.0920 e. The van der Waals surface area contributed by atoms with Crippen molar-refractivity contribution in [1.29, 1.82) is 5.26 Å². The fourth-order valence-electron chi connectivity index (χ4n) is 0.972. The third-order valence-electron chi connectivity index (χ3n) is 1.55. The molecule has 68 valence electrons. The van der Waals surface area contributed by atoms with Crippen LogP contribution in [0.25, 0.3) is 0 Å². The van der Waals surface area contributed by atoms with Gasteiger partial charge in [-0.1, -0.05) is 23.2 Å². The van der Waals surface area contributed by atoms with Crippen LogP contribution in [0.15, 0.2) is 18.2 Å². The lowest BCUT2D eigenvalue weighted by Gasteiger charge is -2.07. The Kier molecular flexibility index (Phi) is 3.56. The normalized spacial score (nSPS) is 12.2. The van der Waals surface area contributed by atoms with Gasteiger partial charge in [-0.2, -0.15) is 5.26 Å². The van der Waals surface area contributed by atoms with Crippen molar-refractivity contribution in [1.82, 2.24) is 0 Å². The second kappa shape index (κ2) is 4.48. The van der Waals surface area contributed by atoms with Crippen LogP contribution in [0.5, 0.6) is 0 Å². The van der Waals surface area contributed by atoms with E-state index in [9.17, 15) is 5.11 Å². The summed E-state index contributed by atoms with van der Waals surface area (Å²) in [5.74, 6) is 0. The van der Waals surface area contributed by atoms with Crippen molar-refractivity contribution in [3.05, 3.63) is 33.8 Å². The molecule has 1 unspecified atom stereocenters. The van der Waals surface area contributed by atoms with Crippen molar-refractivity contribution in [2.75, 3.05) is 0 Å². The van der Waals surface area contributed by atoms with Gasteiger partial charge in [-0.15, -0.1) is 0 Å². The second-order valence-electron chi connectivity index (χ2n) is 2.58. The van der Waals surface area contributed by atoms with Gasteiger partial charge in [0.05, 0.1) is 18.6 Å². The molecule has 0 heterocycles. The van der Waals surface area contributed by atoms with Crippen molar-refractivity contribution < 1.29 is 5.11 Å². The minimum atomic E-state index is -0.818. The van der Waals surface area contributed by atoms with Gasteiger partial charge in [0.25, 0.3) is 0 Å². The molecule has 0 aliphatic heterocycles. The highest BCUT2D eigenvalue weighted by molar-refractivity contribution is 6.34. The van der Waals surface area contributed by atoms with Crippen LogP contribution in [0.2, 0.25) is 10.0 Å². The highest BCUT2D eigenvalue weighted by atomic mass is 35.5. The van der Waals surface area contributed by atoms with Crippen molar-refractivity contribution in [2.24, 2.45) is 0 Å². The first-order valence-electron chi connectivity index (χ1n) is 3.64. The largest absolute Gasteiger partial charge is 0.387 e. The quantitative estimate of drug-likeness (QED) is 0.825. The van der Waals surface area contributed by atoms with Crippen LogP contribution < -0.4 is 0 Å². The summed E-state index contributed by atoms with van der Waals surface area (Å²) < 4.78 is 0. The van der Waals surface area contributed by atoms with Gasteiger partial charge in [0.2, 0.25) is 0 Å². The average Bonchev–Trinajstić information content (AvgIpc) is 2.03. The van der Waals surface area contributed by atoms with Crippen LogP contribution in [0.1, 0.15) is 18.1 Å². The van der Waals surface area contributed by atoms with Gasteiger partial charge >= 0.3 is 0 Å². The van der Waals surface area contributed by atoms with Gasteiger partial charge < -0.3 is 5.11 Å². The number of nitriles is 1. The number of aliphatic hydroxyl groups is 1. The summed E-state index contributed by atoms with van der Waals surface area (Å²) in [4.78, 5) is 0. The molecule has 4 heteroatoms. The van der Waals surface area contributed by atoms with E-state index < -0.39 is 6.10 Å². The van der Waals surface area contributed by atoms with Gasteiger partial charge in [-0.25, -0.2) is 0 Å². The summed E-state index contributed by atoms with van der Waals surface area (Å²) in [6, 6.07) is 6.63. The Hall–Kier alpha value is -0.750. The lowest BCUT2D eigenvalue weighted by Crippen LogP contribution is -1.95. The first-order chi connectivity index (χ1) is 6.13. The number of halogens is 2. The Bertz CT molecular complexity index is 326. The number of hydrogen-bond acceptors (Lipinski definition) is 2. The fourth-order valence-corrected chi connectivity index (χ4v) is 1.51. The highest BCUT2D eigenvalue weighted by Gasteiger charge is 2.08. The summed E-state index contributed by atoms with van der Waals surface area (Å²) >= 11 is 11.4. The van der Waals surface area contributed by atoms with Crippen LogP contribution in [0.4, 0.5) is 0 Å². The maximum atomic E-state index is 9.43. The summed E-state index contributed by atoms with van der Waals surface area (Å²) in [7, 11) is 0. The van der Waals surface area contributed by atoms with Crippen molar-refractivity contribution in [3.8, 4) is 6.07 Å². The van der Waals surface area contributed by atoms with E-state index in [1.807, 2.05) is 6.07 Å². The van der Waals surface area contributed by atoms with E-state index in [2.05, 4.69) is 0 Å². The zero-order valence-corrected chi connectivity index (χ0v) is 8.18. The Morgan fingerprint density at radius 2 is 1.85 bits per heavy atom. The molecule has 0 saturated heterocycles. The predicted molar refractivity (Wildman–Crippen MR) is 51.7 cm³/mol. The zero-order chi connectivity index (χ0) is 9.84. The molecule has 0 aliphatic carbocycles. The molecule has 0 radical (unpaired) electrons. The van der Waals surface area contributed by atoms with Crippen LogP contribution in [0, 0.1) is 11.3 Å². The molecule has 0 saturated carbocycles. The van der Waals surface area contributed by atoms with Crippen molar-refractivity contribution in [2.45, 2.75) is 12.5 Å². The molecule has 0 amide bonds. The molecule has 0 aromatic heterocycles. The Morgan fingerprint density at radius 1 is 1.31 bits per heavy atom. The number of hydrogen-bond donors (Lipinski definition) is 1. The molecule has 13 heavy (non-hydrogen) atoms. The molecular weight excluding hydrogens is 209 g/mol. The van der Waals surface area contributed by atoms with Gasteiger partial charge in [-0.05, 0) is 23.8 Å². The molecular formula is C9H7Cl2NO. The molecule has 1 aromatic rings. The third-order valence-corrected chi connectivity index (χ3v) is 1.99. The average molecular weight is 216 g/mol. The summed E-state index contributed by atoms with van der Waals surface area (Å²) in [6.45, 7) is 0. The van der Waals surface area contributed by atoms with Gasteiger partial charge in [0.15, 0.2) is 0 Å². The predicted octanol–water partition coefficient (Wildman–Crippen LogP) is 2.94. The molecule has 0 fully saturated rings. The van der Waals surface area contributed by atoms with E-state index in [0.717, 1.165) is 0 Å². The van der Waals surface area contributed by atoms with E-state index in [1.54, 1.807) is 18.2 Å². The van der Waals surface area contributed by atoms with Crippen molar-refractivity contribution >= 4 is 23.2 Å². The number of aliphatic hydroxyl groups excluding tert-OH is 1. The minimum Gasteiger partial charge on any atom is -0.387 e. The van der Waals surface area contributed by atoms with Crippen LogP contribution in [-0.2, 0) is 0 Å². The van der Waals surface area contributed by atoms with E-state index in [0.29, 0.717) is 15.6 Å². The molecule has 2 nitrogen and oxygen atoms in total. The lowest BCUT2D eigenvalue weighted by atomic mass is 10.1. The highest BCUT2D eigenvalue weighted by Crippen LogP contribution is 2.24. The van der Waals surface area contributed by atoms with Crippen LogP contribution >= 0.6 is 23.2 Å². The van der Waals surface area contributed by atoms with Gasteiger partial charge in [0, 0.05) is 10.0 Å². The first-order valence-corrected chi connectivity index (χ1v) is 4.40. The van der Waals surface area contributed by atoms with Gasteiger partial charge in [0.1, 0.15) is 0 Å². The maximum absolute atomic E-state index is 9.43. The topological polar surface area (TPSA) is 44.0 Å². The molecule has 1 atom stereocenters. The summed E-state index contributed by atoms with van der Waals surface area (Å²) in [5, 5.41) is 18.7. The SMILES string of the molecule is N#CCC(O)c1cc(Cl)cc(Cl)c1. The monoisotopic (exact) mass is 215 g/mol. The fraction of sp³-hybridized carbons (Fsp3) is 0.222. The summed E-state index contributed by atoms with van der Waals surface area (Å²) in [5.41, 5.74) is 0.569. The van der Waals surface area contributed by atoms with E-state index >= 15 is 0 Å². The molecule has 1 rings (SSSR count). The van der Waals surface area contributed by atoms with E-state index in [4.69, 9.17) is 28.5 Å². The third kappa shape index (κ3) is 2.89. The number of rotatable bonds is 2. The van der Waals surface area contributed by atoms with E-state index in [1.165, 1.54) is 0 Å². The van der Waals surface area contributed by atoms with E-state index in [-0.39, 0.29) is 6.42 Å². The van der Waals surface area contributed by atoms with Crippen molar-refractivity contribution in [3.63, 3.8) is 0 Å². The molecule has 0 spiro atoms. The van der Waals surface area contributed by atoms with Gasteiger partial charge in [-0.3, -0.25) is 0 Å². The zero-order valence-electron chi connectivity index (χ0n) is 6.67. The lowest BCUT2D eigenvalue weighted by molar-refractivity contribution is 0.183. The standard InChI is InChI=1S/C9H7Cl2NO/c10-7-3-6(4-8(11)5-7)9(13)1-2-12/h3-5,9,13H,1H2. The van der Waals surface area contributed by atoms with Crippen LogP contribution in [-0.4, -0.2) is 5.11 Å². The van der Waals surface area contributed by atoms with Crippen LogP contribution in [0.3, 0.4) is 0 Å². The minimum absolute atomic E-state index is 0.0384. The first kappa shape index (κ1) is 10.3. The second-order valence-corrected chi connectivity index (χ2v) is 3.45. The number of nitrogens with zero attached hydrogens (tertiary/aromatic N) is 1. The molecule has 1 aromatic carbocycles. The Balaban J connectivity index is 2.95. The molecule has 0 bridgehead atoms. The number of benzene rings is 1. The Morgan fingerprint density at radius 3 is 2.31 bits per heavy atom. The summed E-state index contributed by atoms with van der Waals surface area (Å²) in [6.07, 6.45) is -0.780. The maximum Gasteiger partial charge on any atom is 0.0920 e. The molecule has 0 aliphatic rings. The molecule has 1 N–H and O–H groups in total.